The quantitative estimate of drug-likeness (QED) is 0.786. The van der Waals surface area contributed by atoms with Gasteiger partial charge in [0.25, 0.3) is 0 Å². The average Bonchev–Trinajstić information content (AvgIpc) is 2.91. The first-order valence-electron chi connectivity index (χ1n) is 7.63. The molecule has 0 saturated carbocycles. The molecule has 128 valence electrons. The molecule has 0 bridgehead atoms. The van der Waals surface area contributed by atoms with Gasteiger partial charge in [-0.25, -0.2) is 12.7 Å². The summed E-state index contributed by atoms with van der Waals surface area (Å²) in [6, 6.07) is 7.46. The average molecular weight is 402 g/mol. The molecule has 1 saturated heterocycles. The summed E-state index contributed by atoms with van der Waals surface area (Å²) in [6.45, 7) is 9.61. The first-order chi connectivity index (χ1) is 10.6. The minimum Gasteiger partial charge on any atom is -0.388 e. The number of hydrogen-bond donors (Lipinski definition) is 1. The topological polar surface area (TPSA) is 57.6 Å². The van der Waals surface area contributed by atoms with Gasteiger partial charge in [0.1, 0.15) is 0 Å². The van der Waals surface area contributed by atoms with E-state index >= 15 is 0 Å². The Hall–Kier alpha value is -0.690. The molecule has 1 heterocycles. The summed E-state index contributed by atoms with van der Waals surface area (Å²) in [5, 5.41) is 10.7. The maximum absolute atomic E-state index is 12.7. The van der Waals surface area contributed by atoms with Crippen LogP contribution >= 0.6 is 15.9 Å². The Balaban J connectivity index is 2.26. The zero-order chi connectivity index (χ0) is 17.4. The van der Waals surface area contributed by atoms with Crippen molar-refractivity contribution in [3.63, 3.8) is 0 Å². The van der Waals surface area contributed by atoms with Gasteiger partial charge >= 0.3 is 0 Å². The van der Waals surface area contributed by atoms with Gasteiger partial charge in [-0.2, -0.15) is 0 Å². The Bertz CT molecular complexity index is 664. The molecular formula is C17H24BrNO3S. The van der Waals surface area contributed by atoms with Crippen LogP contribution in [0.4, 0.5) is 0 Å². The van der Waals surface area contributed by atoms with Crippen molar-refractivity contribution >= 4 is 26.0 Å². The normalized spacial score (nSPS) is 24.6. The van der Waals surface area contributed by atoms with Crippen LogP contribution in [-0.4, -0.2) is 35.7 Å². The number of aliphatic hydroxyl groups excluding tert-OH is 1. The first kappa shape index (κ1) is 18.6. The standard InChI is InChI=1S/C17H24BrNO3S/c1-5-12-10-19(23(21,22)17(2,3)4)11-15(12)16(20)13-6-8-14(18)9-7-13/h5-9,12,15-16,20H,1,10-11H2,2-4H3. The van der Waals surface area contributed by atoms with E-state index in [4.69, 9.17) is 0 Å². The number of halogens is 1. The van der Waals surface area contributed by atoms with E-state index in [1.807, 2.05) is 24.3 Å². The van der Waals surface area contributed by atoms with E-state index in [0.29, 0.717) is 13.1 Å². The van der Waals surface area contributed by atoms with Gasteiger partial charge in [0, 0.05) is 23.5 Å². The maximum Gasteiger partial charge on any atom is 0.219 e. The smallest absolute Gasteiger partial charge is 0.219 e. The number of nitrogens with zero attached hydrogens (tertiary/aromatic N) is 1. The highest BCUT2D eigenvalue weighted by Crippen LogP contribution is 2.38. The van der Waals surface area contributed by atoms with Crippen LogP contribution in [0.25, 0.3) is 0 Å². The van der Waals surface area contributed by atoms with Crippen molar-refractivity contribution < 1.29 is 13.5 Å². The molecule has 0 aliphatic carbocycles. The Morgan fingerprint density at radius 3 is 2.35 bits per heavy atom. The molecule has 0 radical (unpaired) electrons. The van der Waals surface area contributed by atoms with Gasteiger partial charge in [-0.1, -0.05) is 34.1 Å². The zero-order valence-corrected chi connectivity index (χ0v) is 16.1. The Labute approximate surface area is 147 Å². The highest BCUT2D eigenvalue weighted by Gasteiger charge is 2.44. The lowest BCUT2D eigenvalue weighted by atomic mass is 9.87. The molecule has 6 heteroatoms. The summed E-state index contributed by atoms with van der Waals surface area (Å²) >= 11 is 3.38. The highest BCUT2D eigenvalue weighted by atomic mass is 79.9. The second-order valence-electron chi connectivity index (χ2n) is 6.99. The Morgan fingerprint density at radius 2 is 1.87 bits per heavy atom. The molecule has 3 atom stereocenters. The van der Waals surface area contributed by atoms with E-state index in [-0.39, 0.29) is 11.8 Å². The third kappa shape index (κ3) is 3.71. The van der Waals surface area contributed by atoms with Gasteiger partial charge in [-0.05, 0) is 44.4 Å². The van der Waals surface area contributed by atoms with E-state index in [2.05, 4.69) is 22.5 Å². The summed E-state index contributed by atoms with van der Waals surface area (Å²) in [5.74, 6) is -0.253. The fourth-order valence-corrected chi connectivity index (χ4v) is 4.67. The van der Waals surface area contributed by atoms with Crippen LogP contribution in [0.15, 0.2) is 41.4 Å². The van der Waals surface area contributed by atoms with Gasteiger partial charge in [-0.3, -0.25) is 0 Å². The van der Waals surface area contributed by atoms with Gasteiger partial charge < -0.3 is 5.11 Å². The zero-order valence-electron chi connectivity index (χ0n) is 13.7. The molecular weight excluding hydrogens is 378 g/mol. The van der Waals surface area contributed by atoms with Crippen LogP contribution < -0.4 is 0 Å². The molecule has 0 amide bonds. The lowest BCUT2D eigenvalue weighted by Crippen LogP contribution is -2.42. The Morgan fingerprint density at radius 1 is 1.30 bits per heavy atom. The van der Waals surface area contributed by atoms with Crippen LogP contribution in [0.1, 0.15) is 32.4 Å². The molecule has 0 aromatic heterocycles. The summed E-state index contributed by atoms with van der Waals surface area (Å²) < 4.78 is 26.9. The second kappa shape index (κ2) is 6.67. The lowest BCUT2D eigenvalue weighted by Gasteiger charge is -2.27. The van der Waals surface area contributed by atoms with E-state index in [9.17, 15) is 13.5 Å². The van der Waals surface area contributed by atoms with Gasteiger partial charge in [0.05, 0.1) is 10.9 Å². The predicted octanol–water partition coefficient (Wildman–Crippen LogP) is 3.34. The summed E-state index contributed by atoms with van der Waals surface area (Å²) in [6.07, 6.45) is 1.04. The lowest BCUT2D eigenvalue weighted by molar-refractivity contribution is 0.102. The fourth-order valence-electron chi connectivity index (χ4n) is 2.89. The number of rotatable bonds is 4. The number of aliphatic hydroxyl groups is 1. The molecule has 0 spiro atoms. The monoisotopic (exact) mass is 401 g/mol. The van der Waals surface area contributed by atoms with Crippen molar-refractivity contribution in [1.29, 1.82) is 0 Å². The molecule has 1 aromatic rings. The van der Waals surface area contributed by atoms with Crippen molar-refractivity contribution in [1.82, 2.24) is 4.31 Å². The molecule has 1 fully saturated rings. The molecule has 23 heavy (non-hydrogen) atoms. The van der Waals surface area contributed by atoms with Crippen LogP contribution in [0.2, 0.25) is 0 Å². The summed E-state index contributed by atoms with van der Waals surface area (Å²) in [7, 11) is -3.41. The van der Waals surface area contributed by atoms with E-state index < -0.39 is 20.9 Å². The minimum atomic E-state index is -3.41. The second-order valence-corrected chi connectivity index (χ2v) is 10.6. The number of hydrogen-bond acceptors (Lipinski definition) is 3. The third-order valence-electron chi connectivity index (χ3n) is 4.41. The maximum atomic E-state index is 12.7. The highest BCUT2D eigenvalue weighted by molar-refractivity contribution is 9.10. The van der Waals surface area contributed by atoms with Crippen LogP contribution in [0.5, 0.6) is 0 Å². The summed E-state index contributed by atoms with van der Waals surface area (Å²) in [4.78, 5) is 0. The number of benzene rings is 1. The van der Waals surface area contributed by atoms with Crippen molar-refractivity contribution in [3.8, 4) is 0 Å². The van der Waals surface area contributed by atoms with Gasteiger partial charge in [0.2, 0.25) is 10.0 Å². The molecule has 1 aliphatic rings. The first-order valence-corrected chi connectivity index (χ1v) is 9.87. The molecule has 4 nitrogen and oxygen atoms in total. The van der Waals surface area contributed by atoms with Gasteiger partial charge in [0.15, 0.2) is 0 Å². The molecule has 1 N–H and O–H groups in total. The van der Waals surface area contributed by atoms with Crippen LogP contribution in [-0.2, 0) is 10.0 Å². The molecule has 1 aromatic carbocycles. The Kier molecular flexibility index (Phi) is 5.41. The number of sulfonamides is 1. The van der Waals surface area contributed by atoms with Crippen molar-refractivity contribution in [3.05, 3.63) is 47.0 Å². The van der Waals surface area contributed by atoms with E-state index in [1.165, 1.54) is 4.31 Å². The van der Waals surface area contributed by atoms with E-state index in [0.717, 1.165) is 10.0 Å². The van der Waals surface area contributed by atoms with Crippen LogP contribution in [0.3, 0.4) is 0 Å². The van der Waals surface area contributed by atoms with Crippen molar-refractivity contribution in [2.24, 2.45) is 11.8 Å². The van der Waals surface area contributed by atoms with Gasteiger partial charge in [-0.15, -0.1) is 6.58 Å². The van der Waals surface area contributed by atoms with Crippen molar-refractivity contribution in [2.75, 3.05) is 13.1 Å². The summed E-state index contributed by atoms with van der Waals surface area (Å²) in [5.41, 5.74) is 0.792. The minimum absolute atomic E-state index is 0.0641. The molecule has 3 unspecified atom stereocenters. The van der Waals surface area contributed by atoms with Crippen molar-refractivity contribution in [2.45, 2.75) is 31.6 Å². The SMILES string of the molecule is C=CC1CN(S(=O)(=O)C(C)(C)C)CC1C(O)c1ccc(Br)cc1. The molecule has 2 rings (SSSR count). The fraction of sp³-hybridized carbons (Fsp3) is 0.529. The predicted molar refractivity (Wildman–Crippen MR) is 96.5 cm³/mol. The third-order valence-corrected chi connectivity index (χ3v) is 7.47. The largest absolute Gasteiger partial charge is 0.388 e. The van der Waals surface area contributed by atoms with Crippen LogP contribution in [0, 0.1) is 11.8 Å². The molecule has 1 aliphatic heterocycles. The van der Waals surface area contributed by atoms with E-state index in [1.54, 1.807) is 26.8 Å².